The van der Waals surface area contributed by atoms with Gasteiger partial charge in [-0.05, 0) is 115 Å². The Morgan fingerprint density at radius 3 is 2.51 bits per heavy atom. The van der Waals surface area contributed by atoms with Crippen LogP contribution in [0.3, 0.4) is 0 Å². The summed E-state index contributed by atoms with van der Waals surface area (Å²) in [6.07, 6.45) is 5.88. The number of carbonyl (C=O) groups is 1. The topological polar surface area (TPSA) is 56.1 Å². The van der Waals surface area contributed by atoms with Crippen molar-refractivity contribution in [3.05, 3.63) is 116 Å². The number of fused-ring (bicyclic) bond motifs is 1. The lowest BCUT2D eigenvalue weighted by molar-refractivity contribution is 0.0963. The van der Waals surface area contributed by atoms with E-state index in [4.69, 9.17) is 23.2 Å². The van der Waals surface area contributed by atoms with Crippen LogP contribution >= 0.6 is 35.0 Å². The van der Waals surface area contributed by atoms with Crippen LogP contribution in [0.5, 0.6) is 0 Å². The molecule has 1 N–H and O–H groups in total. The number of likely N-dealkylation sites (tertiary alicyclic amines) is 1. The molecule has 0 bridgehead atoms. The van der Waals surface area contributed by atoms with Crippen LogP contribution in [0.25, 0.3) is 10.8 Å². The Bertz CT molecular complexity index is 1640. The molecule has 0 saturated carbocycles. The van der Waals surface area contributed by atoms with Crippen LogP contribution in [0.4, 0.5) is 0 Å². The molecule has 222 valence electrons. The SMILES string of the molecule is CNC(=O)c1c(C[C@@H](CCN2CCC(c3ccccc3CSC)CC2)c2ccc(Cl)c(Cl)c2)c(C#N)cc2ccccc12. The molecule has 0 radical (unpaired) electrons. The standard InChI is InChI=1S/C36H37Cl2N3OS/c1-40-36(42)35-31-10-6-3-7-27(31)19-29(22-39)32(35)20-26(25-11-12-33(37)34(38)21-25)15-18-41-16-13-24(14-17-41)30-9-5-4-8-28(30)23-43-2/h3-12,19,21,24,26H,13-18,20,23H2,1-2H3,(H,40,42)/t26-/m1/s1. The van der Waals surface area contributed by atoms with Crippen molar-refractivity contribution >= 4 is 51.6 Å². The number of hydrogen-bond acceptors (Lipinski definition) is 4. The highest BCUT2D eigenvalue weighted by atomic mass is 35.5. The smallest absolute Gasteiger partial charge is 0.251 e. The largest absolute Gasteiger partial charge is 0.355 e. The molecule has 7 heteroatoms. The number of piperidine rings is 1. The molecule has 4 aromatic carbocycles. The molecule has 1 amide bonds. The molecular formula is C36H37Cl2N3OS. The predicted molar refractivity (Wildman–Crippen MR) is 182 cm³/mol. The van der Waals surface area contributed by atoms with Gasteiger partial charge in [0.05, 0.1) is 27.2 Å². The van der Waals surface area contributed by atoms with Crippen LogP contribution in [0.2, 0.25) is 10.0 Å². The summed E-state index contributed by atoms with van der Waals surface area (Å²) >= 11 is 14.7. The van der Waals surface area contributed by atoms with Crippen LogP contribution in [0.15, 0.2) is 72.8 Å². The number of halogens is 2. The van der Waals surface area contributed by atoms with E-state index in [1.54, 1.807) is 7.05 Å². The van der Waals surface area contributed by atoms with E-state index in [9.17, 15) is 10.1 Å². The number of carbonyl (C=O) groups excluding carboxylic acids is 1. The molecule has 4 nitrogen and oxygen atoms in total. The maximum absolute atomic E-state index is 13.3. The van der Waals surface area contributed by atoms with Gasteiger partial charge in [-0.15, -0.1) is 0 Å². The number of thioether (sulfide) groups is 1. The monoisotopic (exact) mass is 629 g/mol. The summed E-state index contributed by atoms with van der Waals surface area (Å²) in [4.78, 5) is 15.8. The third-order valence-electron chi connectivity index (χ3n) is 8.77. The van der Waals surface area contributed by atoms with Crippen LogP contribution < -0.4 is 5.32 Å². The van der Waals surface area contributed by atoms with Crippen molar-refractivity contribution in [2.75, 3.05) is 32.9 Å². The van der Waals surface area contributed by atoms with Crippen molar-refractivity contribution in [1.29, 1.82) is 5.26 Å². The molecule has 0 unspecified atom stereocenters. The number of rotatable bonds is 10. The van der Waals surface area contributed by atoms with Gasteiger partial charge in [0.1, 0.15) is 0 Å². The average Bonchev–Trinajstić information content (AvgIpc) is 3.04. The fraction of sp³-hybridized carbons (Fsp3) is 0.333. The van der Waals surface area contributed by atoms with Gasteiger partial charge in [0.15, 0.2) is 0 Å². The summed E-state index contributed by atoms with van der Waals surface area (Å²) in [5.41, 5.74) is 5.92. The van der Waals surface area contributed by atoms with Gasteiger partial charge in [-0.2, -0.15) is 17.0 Å². The molecule has 4 aromatic rings. The second kappa shape index (κ2) is 14.6. The molecule has 1 saturated heterocycles. The zero-order valence-electron chi connectivity index (χ0n) is 24.7. The number of nitriles is 1. The minimum atomic E-state index is -0.181. The van der Waals surface area contributed by atoms with Gasteiger partial charge < -0.3 is 10.2 Å². The van der Waals surface area contributed by atoms with Crippen molar-refractivity contribution in [2.24, 2.45) is 0 Å². The zero-order valence-corrected chi connectivity index (χ0v) is 27.0. The first-order valence-corrected chi connectivity index (χ1v) is 17.0. The number of nitrogens with zero attached hydrogens (tertiary/aromatic N) is 2. The third kappa shape index (κ3) is 7.21. The van der Waals surface area contributed by atoms with E-state index in [-0.39, 0.29) is 11.8 Å². The normalized spacial score (nSPS) is 14.9. The van der Waals surface area contributed by atoms with Crippen molar-refractivity contribution in [2.45, 2.75) is 43.3 Å². The highest BCUT2D eigenvalue weighted by Gasteiger charge is 2.26. The summed E-state index contributed by atoms with van der Waals surface area (Å²) in [7, 11) is 1.64. The molecule has 5 rings (SSSR count). The second-order valence-corrected chi connectivity index (χ2v) is 13.0. The molecule has 1 atom stereocenters. The van der Waals surface area contributed by atoms with E-state index >= 15 is 0 Å². The van der Waals surface area contributed by atoms with Crippen LogP contribution in [-0.4, -0.2) is 43.7 Å². The lowest BCUT2D eigenvalue weighted by Crippen LogP contribution is -2.34. The molecule has 0 spiro atoms. The summed E-state index contributed by atoms with van der Waals surface area (Å²) in [6, 6.07) is 26.8. The van der Waals surface area contributed by atoms with E-state index in [2.05, 4.69) is 46.8 Å². The minimum Gasteiger partial charge on any atom is -0.355 e. The van der Waals surface area contributed by atoms with Gasteiger partial charge in [0.25, 0.3) is 5.91 Å². The first-order chi connectivity index (χ1) is 20.9. The number of amides is 1. The predicted octanol–water partition coefficient (Wildman–Crippen LogP) is 8.84. The Hall–Kier alpha value is -3.01. The maximum atomic E-state index is 13.3. The fourth-order valence-corrected chi connectivity index (χ4v) is 7.39. The summed E-state index contributed by atoms with van der Waals surface area (Å²) < 4.78 is 0. The van der Waals surface area contributed by atoms with Crippen LogP contribution in [-0.2, 0) is 12.2 Å². The molecule has 0 aromatic heterocycles. The first-order valence-electron chi connectivity index (χ1n) is 14.8. The Morgan fingerprint density at radius 1 is 1.05 bits per heavy atom. The lowest BCUT2D eigenvalue weighted by Gasteiger charge is -2.34. The van der Waals surface area contributed by atoms with Crippen molar-refractivity contribution < 1.29 is 4.79 Å². The van der Waals surface area contributed by atoms with E-state index in [1.807, 2.05) is 60.3 Å². The number of hydrogen-bond donors (Lipinski definition) is 1. The van der Waals surface area contributed by atoms with E-state index in [0.717, 1.165) is 66.5 Å². The first kappa shape index (κ1) is 31.4. The van der Waals surface area contributed by atoms with Gasteiger partial charge in [0.2, 0.25) is 0 Å². The van der Waals surface area contributed by atoms with Gasteiger partial charge in [-0.3, -0.25) is 4.79 Å². The summed E-state index contributed by atoms with van der Waals surface area (Å²) in [5, 5.41) is 15.8. The van der Waals surface area contributed by atoms with Gasteiger partial charge in [-0.1, -0.05) is 77.8 Å². The number of nitrogens with one attached hydrogen (secondary N) is 1. The summed E-state index contributed by atoms with van der Waals surface area (Å²) in [5.74, 6) is 1.52. The molecule has 1 aliphatic rings. The Labute approximate surface area is 269 Å². The average molecular weight is 631 g/mol. The van der Waals surface area contributed by atoms with E-state index in [1.165, 1.54) is 11.1 Å². The van der Waals surface area contributed by atoms with Crippen molar-refractivity contribution in [3.63, 3.8) is 0 Å². The Balaban J connectivity index is 1.40. The van der Waals surface area contributed by atoms with Crippen LogP contribution in [0.1, 0.15) is 69.3 Å². The fourth-order valence-electron chi connectivity index (χ4n) is 6.51. The third-order valence-corrected chi connectivity index (χ3v) is 10.1. The minimum absolute atomic E-state index is 0.0477. The second-order valence-electron chi connectivity index (χ2n) is 11.3. The number of benzene rings is 4. The Kier molecular flexibility index (Phi) is 10.7. The molecule has 0 aliphatic carbocycles. The van der Waals surface area contributed by atoms with Gasteiger partial charge in [0, 0.05) is 12.8 Å². The maximum Gasteiger partial charge on any atom is 0.251 e. The quantitative estimate of drug-likeness (QED) is 0.190. The van der Waals surface area contributed by atoms with Gasteiger partial charge in [-0.25, -0.2) is 0 Å². The molecule has 43 heavy (non-hydrogen) atoms. The Morgan fingerprint density at radius 2 is 1.79 bits per heavy atom. The molecular weight excluding hydrogens is 593 g/mol. The van der Waals surface area contributed by atoms with E-state index < -0.39 is 0 Å². The lowest BCUT2D eigenvalue weighted by atomic mass is 9.83. The van der Waals surface area contributed by atoms with Gasteiger partial charge >= 0.3 is 0 Å². The van der Waals surface area contributed by atoms with Crippen LogP contribution in [0, 0.1) is 11.3 Å². The van der Waals surface area contributed by atoms with Crippen molar-refractivity contribution in [3.8, 4) is 6.07 Å². The molecule has 1 heterocycles. The highest BCUT2D eigenvalue weighted by molar-refractivity contribution is 7.97. The summed E-state index contributed by atoms with van der Waals surface area (Å²) in [6.45, 7) is 3.03. The highest BCUT2D eigenvalue weighted by Crippen LogP contribution is 2.36. The zero-order chi connectivity index (χ0) is 30.3. The molecule has 1 fully saturated rings. The van der Waals surface area contributed by atoms with E-state index in [0.29, 0.717) is 33.5 Å². The van der Waals surface area contributed by atoms with Crippen molar-refractivity contribution in [1.82, 2.24) is 10.2 Å². The molecule has 1 aliphatic heterocycles.